The van der Waals surface area contributed by atoms with Gasteiger partial charge in [-0.05, 0) is 51.1 Å². The van der Waals surface area contributed by atoms with Crippen molar-refractivity contribution in [2.24, 2.45) is 0 Å². The molecule has 42 heavy (non-hydrogen) atoms. The van der Waals surface area contributed by atoms with Crippen LogP contribution >= 0.6 is 8.81 Å². The number of ketones is 1. The molecular formula is C37H73O4P. The number of aliphatic hydroxyl groups excluding tert-OH is 2. The molecule has 0 aliphatic heterocycles. The first-order valence-electron chi connectivity index (χ1n) is 18.5. The van der Waals surface area contributed by atoms with Gasteiger partial charge in [0, 0.05) is 21.6 Å². The van der Waals surface area contributed by atoms with Crippen LogP contribution in [0.4, 0.5) is 0 Å². The highest BCUT2D eigenvalue weighted by Gasteiger charge is 2.03. The zero-order chi connectivity index (χ0) is 30.6. The van der Waals surface area contributed by atoms with E-state index in [9.17, 15) is 9.90 Å². The van der Waals surface area contributed by atoms with Gasteiger partial charge in [0.05, 0.1) is 13.2 Å². The lowest BCUT2D eigenvalue weighted by Crippen LogP contribution is -2.17. The lowest BCUT2D eigenvalue weighted by atomic mass is 10.0. The Bertz CT molecular complexity index is 554. The van der Waals surface area contributed by atoms with Gasteiger partial charge in [-0.3, -0.25) is 4.79 Å². The molecule has 0 aromatic rings. The van der Waals surface area contributed by atoms with Gasteiger partial charge in [-0.15, -0.1) is 0 Å². The fourth-order valence-corrected chi connectivity index (χ4v) is 6.29. The van der Waals surface area contributed by atoms with Crippen LogP contribution in [0.3, 0.4) is 0 Å². The number of allylic oxidation sites excluding steroid dienone is 2. The topological polar surface area (TPSA) is 66.8 Å². The average Bonchev–Trinajstić information content (AvgIpc) is 3.00. The molecular weight excluding hydrogens is 539 g/mol. The van der Waals surface area contributed by atoms with E-state index in [0.29, 0.717) is 14.6 Å². The van der Waals surface area contributed by atoms with Gasteiger partial charge in [0.2, 0.25) is 0 Å². The third kappa shape index (κ3) is 35.9. The molecule has 4 nitrogen and oxygen atoms in total. The van der Waals surface area contributed by atoms with E-state index in [-0.39, 0.29) is 13.2 Å². The first-order chi connectivity index (χ1) is 20.7. The van der Waals surface area contributed by atoms with Gasteiger partial charge in [-0.2, -0.15) is 0 Å². The second-order valence-corrected chi connectivity index (χ2v) is 13.7. The van der Waals surface area contributed by atoms with Gasteiger partial charge >= 0.3 is 0 Å². The summed E-state index contributed by atoms with van der Waals surface area (Å²) in [5, 5.41) is 17.9. The van der Waals surface area contributed by atoms with E-state index >= 15 is 0 Å². The molecule has 0 aromatic heterocycles. The van der Waals surface area contributed by atoms with Crippen molar-refractivity contribution in [1.29, 1.82) is 0 Å². The van der Waals surface area contributed by atoms with Crippen LogP contribution in [0.15, 0.2) is 12.2 Å². The standard InChI is InChI=1S/C37H73O4P/c1-2-3-4-5-6-7-8-13-16-19-22-25-28-31-36(39)32-29-26-23-20-17-14-11-9-10-12-15-18-21-24-27-30-33-42-41-35-37(40)34-38/h9-10,37-38,40,42H,2-8,11-35H2,1H3. The van der Waals surface area contributed by atoms with E-state index in [2.05, 4.69) is 19.1 Å². The molecule has 0 heterocycles. The van der Waals surface area contributed by atoms with Crippen molar-refractivity contribution in [1.82, 2.24) is 0 Å². The number of hydrogen-bond acceptors (Lipinski definition) is 4. The summed E-state index contributed by atoms with van der Waals surface area (Å²) in [5.41, 5.74) is 0. The normalized spacial score (nSPS) is 12.7. The fourth-order valence-electron chi connectivity index (χ4n) is 5.44. The van der Waals surface area contributed by atoms with E-state index in [1.165, 1.54) is 161 Å². The molecule has 0 spiro atoms. The third-order valence-corrected chi connectivity index (χ3v) is 9.22. The summed E-state index contributed by atoms with van der Waals surface area (Å²) in [7, 11) is 0.444. The average molecular weight is 613 g/mol. The number of carbonyl (C=O) groups is 1. The maximum Gasteiger partial charge on any atom is 0.132 e. The minimum absolute atomic E-state index is 0.218. The number of unbranched alkanes of at least 4 members (excludes halogenated alkanes) is 24. The highest BCUT2D eigenvalue weighted by atomic mass is 31.1. The minimum Gasteiger partial charge on any atom is -0.394 e. The highest BCUT2D eigenvalue weighted by Crippen LogP contribution is 2.17. The Morgan fingerprint density at radius 3 is 1.40 bits per heavy atom. The molecule has 0 radical (unpaired) electrons. The quantitative estimate of drug-likeness (QED) is 0.0419. The molecule has 0 aliphatic carbocycles. The second-order valence-electron chi connectivity index (χ2n) is 12.6. The van der Waals surface area contributed by atoms with Crippen LogP contribution in [0.2, 0.25) is 0 Å². The molecule has 0 aliphatic rings. The van der Waals surface area contributed by atoms with Crippen LogP contribution in [-0.2, 0) is 9.32 Å². The Morgan fingerprint density at radius 2 is 0.976 bits per heavy atom. The number of carbonyl (C=O) groups excluding carboxylic acids is 1. The molecule has 0 saturated carbocycles. The smallest absolute Gasteiger partial charge is 0.132 e. The lowest BCUT2D eigenvalue weighted by molar-refractivity contribution is -0.119. The summed E-state index contributed by atoms with van der Waals surface area (Å²) in [4.78, 5) is 12.1. The van der Waals surface area contributed by atoms with E-state index in [4.69, 9.17) is 9.63 Å². The molecule has 0 aromatic carbocycles. The summed E-state index contributed by atoms with van der Waals surface area (Å²) in [6, 6.07) is 0. The largest absolute Gasteiger partial charge is 0.394 e. The number of aliphatic hydroxyl groups is 2. The van der Waals surface area contributed by atoms with Crippen LogP contribution in [0.1, 0.15) is 193 Å². The van der Waals surface area contributed by atoms with E-state index in [1.54, 1.807) is 0 Å². The van der Waals surface area contributed by atoms with Crippen molar-refractivity contribution >= 4 is 14.6 Å². The van der Waals surface area contributed by atoms with Gasteiger partial charge in [0.25, 0.3) is 0 Å². The van der Waals surface area contributed by atoms with Crippen molar-refractivity contribution in [3.63, 3.8) is 0 Å². The van der Waals surface area contributed by atoms with Gasteiger partial charge in [0.1, 0.15) is 11.9 Å². The fraction of sp³-hybridized carbons (Fsp3) is 0.919. The van der Waals surface area contributed by atoms with Crippen molar-refractivity contribution in [2.45, 2.75) is 199 Å². The first-order valence-corrected chi connectivity index (χ1v) is 19.6. The molecule has 0 saturated heterocycles. The summed E-state index contributed by atoms with van der Waals surface area (Å²) in [6.45, 7) is 2.32. The minimum atomic E-state index is -0.728. The van der Waals surface area contributed by atoms with Crippen molar-refractivity contribution in [2.75, 3.05) is 19.4 Å². The Balaban J connectivity index is 3.20. The summed E-state index contributed by atoms with van der Waals surface area (Å²) in [6.07, 6.45) is 42.2. The highest BCUT2D eigenvalue weighted by molar-refractivity contribution is 7.32. The van der Waals surface area contributed by atoms with E-state index in [1.807, 2.05) is 0 Å². The Morgan fingerprint density at radius 1 is 0.595 bits per heavy atom. The Labute approximate surface area is 264 Å². The van der Waals surface area contributed by atoms with Crippen molar-refractivity contribution < 1.29 is 19.5 Å². The lowest BCUT2D eigenvalue weighted by Gasteiger charge is -2.07. The zero-order valence-corrected chi connectivity index (χ0v) is 29.1. The molecule has 0 amide bonds. The van der Waals surface area contributed by atoms with Gasteiger partial charge in [0.15, 0.2) is 0 Å². The maximum absolute atomic E-state index is 12.1. The Kier molecular flexibility index (Phi) is 36.7. The predicted molar refractivity (Wildman–Crippen MR) is 186 cm³/mol. The summed E-state index contributed by atoms with van der Waals surface area (Å²) >= 11 is 0. The molecule has 2 atom stereocenters. The first kappa shape index (κ1) is 41.7. The van der Waals surface area contributed by atoms with Crippen LogP contribution in [0.25, 0.3) is 0 Å². The van der Waals surface area contributed by atoms with Crippen LogP contribution in [-0.4, -0.2) is 41.5 Å². The van der Waals surface area contributed by atoms with Gasteiger partial charge < -0.3 is 14.7 Å². The maximum atomic E-state index is 12.1. The molecule has 250 valence electrons. The van der Waals surface area contributed by atoms with Crippen LogP contribution in [0.5, 0.6) is 0 Å². The molecule has 2 unspecified atom stereocenters. The van der Waals surface area contributed by atoms with E-state index < -0.39 is 6.10 Å². The molecule has 2 N–H and O–H groups in total. The van der Waals surface area contributed by atoms with E-state index in [0.717, 1.165) is 31.8 Å². The van der Waals surface area contributed by atoms with Crippen LogP contribution in [0, 0.1) is 0 Å². The van der Waals surface area contributed by atoms with Gasteiger partial charge in [-0.25, -0.2) is 0 Å². The van der Waals surface area contributed by atoms with Crippen molar-refractivity contribution in [3.8, 4) is 0 Å². The number of hydrogen-bond donors (Lipinski definition) is 2. The third-order valence-electron chi connectivity index (χ3n) is 8.29. The number of Topliss-reactive ketones (excluding diaryl/α,β-unsaturated/α-hetero) is 1. The zero-order valence-electron chi connectivity index (χ0n) is 28.1. The Hall–Kier alpha value is -0.280. The SMILES string of the molecule is CCCCCCCCCCCCCCCC(=O)CCCCCCCCC=CCCCCCCCCPOCC(O)CO. The molecule has 0 fully saturated rings. The monoisotopic (exact) mass is 613 g/mol. The predicted octanol–water partition coefficient (Wildman–Crippen LogP) is 11.4. The molecule has 0 rings (SSSR count). The summed E-state index contributed by atoms with van der Waals surface area (Å²) in [5.74, 6) is 0.502. The summed E-state index contributed by atoms with van der Waals surface area (Å²) < 4.78 is 5.36. The van der Waals surface area contributed by atoms with Crippen molar-refractivity contribution in [3.05, 3.63) is 12.2 Å². The molecule has 0 bridgehead atoms. The van der Waals surface area contributed by atoms with Gasteiger partial charge in [-0.1, -0.05) is 147 Å². The second kappa shape index (κ2) is 36.9. The molecule has 5 heteroatoms. The number of rotatable bonds is 36. The van der Waals surface area contributed by atoms with Crippen LogP contribution < -0.4 is 0 Å².